The highest BCUT2D eigenvalue weighted by molar-refractivity contribution is 6.33. The molecule has 4 aromatic carbocycles. The number of Topliss-reactive ketones (excluding diaryl/α,β-unsaturated/α-hetero) is 3. The number of carbonyl (C=O) groups excluding carboxylic acids is 3. The van der Waals surface area contributed by atoms with E-state index in [0.29, 0.717) is 38.0 Å². The van der Waals surface area contributed by atoms with E-state index in [4.69, 9.17) is 27.9 Å². The number of nitrogens with zero attached hydrogens (tertiary/aromatic N) is 1. The van der Waals surface area contributed by atoms with Gasteiger partial charge in [-0.2, -0.15) is 0 Å². The van der Waals surface area contributed by atoms with E-state index < -0.39 is 23.4 Å². The van der Waals surface area contributed by atoms with Gasteiger partial charge in [0, 0.05) is 38.3 Å². The molecule has 4 aromatic rings. The van der Waals surface area contributed by atoms with Crippen molar-refractivity contribution in [1.29, 1.82) is 0 Å². The molecule has 0 radical (unpaired) electrons. The molecule has 7 heteroatoms. The van der Waals surface area contributed by atoms with Gasteiger partial charge in [0.05, 0.1) is 13.2 Å². The highest BCUT2D eigenvalue weighted by Gasteiger charge is 2.71. The van der Waals surface area contributed by atoms with Crippen molar-refractivity contribution in [3.63, 3.8) is 0 Å². The SMILES string of the molecule is COc1cccc(C(=O)[C@H]2[C@H](c3cccc(Cl)c3)C3(C(=O)c4ccccc4C3=O)[C@H]3C=Cc4cc(Cl)ccc4N23)c1. The molecular weight excluding hydrogens is 557 g/mol. The third-order valence-electron chi connectivity index (χ3n) is 8.60. The number of halogens is 2. The van der Waals surface area contributed by atoms with Gasteiger partial charge in [0.15, 0.2) is 17.3 Å². The Morgan fingerprint density at radius 2 is 1.54 bits per heavy atom. The molecule has 0 saturated carbocycles. The van der Waals surface area contributed by atoms with Crippen molar-refractivity contribution in [2.75, 3.05) is 12.0 Å². The topological polar surface area (TPSA) is 63.7 Å². The predicted octanol–water partition coefficient (Wildman–Crippen LogP) is 7.32. The van der Waals surface area contributed by atoms with Gasteiger partial charge in [0.25, 0.3) is 0 Å². The molecule has 0 aromatic heterocycles. The van der Waals surface area contributed by atoms with Crippen LogP contribution in [0.3, 0.4) is 0 Å². The number of hydrogen-bond acceptors (Lipinski definition) is 5. The Labute approximate surface area is 247 Å². The van der Waals surface area contributed by atoms with Gasteiger partial charge in [0.1, 0.15) is 17.2 Å². The molecule has 1 aliphatic carbocycles. The molecule has 0 bridgehead atoms. The molecule has 0 N–H and O–H groups in total. The summed E-state index contributed by atoms with van der Waals surface area (Å²) in [5.74, 6) is -1.13. The summed E-state index contributed by atoms with van der Waals surface area (Å²) in [7, 11) is 1.54. The van der Waals surface area contributed by atoms with Crippen molar-refractivity contribution < 1.29 is 19.1 Å². The molecule has 5 nitrogen and oxygen atoms in total. The summed E-state index contributed by atoms with van der Waals surface area (Å²) in [5, 5.41) is 0.997. The number of benzene rings is 4. The minimum absolute atomic E-state index is 0.233. The molecule has 0 amide bonds. The van der Waals surface area contributed by atoms with Crippen LogP contribution in [0.25, 0.3) is 6.08 Å². The van der Waals surface area contributed by atoms with Crippen molar-refractivity contribution in [3.05, 3.63) is 135 Å². The van der Waals surface area contributed by atoms with Gasteiger partial charge in [-0.05, 0) is 53.6 Å². The normalized spacial score (nSPS) is 21.5. The zero-order chi connectivity index (χ0) is 28.5. The highest BCUT2D eigenvalue weighted by Crippen LogP contribution is 2.61. The minimum atomic E-state index is -1.60. The summed E-state index contributed by atoms with van der Waals surface area (Å²) in [6.07, 6.45) is 3.76. The number of rotatable bonds is 4. The largest absolute Gasteiger partial charge is 0.497 e. The zero-order valence-electron chi connectivity index (χ0n) is 21.9. The third-order valence-corrected chi connectivity index (χ3v) is 9.07. The summed E-state index contributed by atoms with van der Waals surface area (Å²) < 4.78 is 5.42. The van der Waals surface area contributed by atoms with Crippen LogP contribution in [0.2, 0.25) is 10.0 Å². The molecule has 3 aliphatic rings. The van der Waals surface area contributed by atoms with E-state index in [2.05, 4.69) is 0 Å². The van der Waals surface area contributed by atoms with Crippen molar-refractivity contribution >= 4 is 52.3 Å². The molecule has 202 valence electrons. The van der Waals surface area contributed by atoms with E-state index in [1.165, 1.54) is 0 Å². The van der Waals surface area contributed by atoms with Gasteiger partial charge >= 0.3 is 0 Å². The Bertz CT molecular complexity index is 1780. The maximum Gasteiger partial charge on any atom is 0.186 e. The number of methoxy groups -OCH3 is 1. The molecule has 0 unspecified atom stereocenters. The fraction of sp³-hybridized carbons (Fsp3) is 0.147. The van der Waals surface area contributed by atoms with Crippen molar-refractivity contribution in [2.45, 2.75) is 18.0 Å². The van der Waals surface area contributed by atoms with Crippen LogP contribution in [0.1, 0.15) is 48.1 Å². The first kappa shape index (κ1) is 25.8. The van der Waals surface area contributed by atoms with Gasteiger partial charge in [-0.25, -0.2) is 0 Å². The molecule has 41 heavy (non-hydrogen) atoms. The molecule has 1 spiro atoms. The second-order valence-electron chi connectivity index (χ2n) is 10.6. The lowest BCUT2D eigenvalue weighted by Crippen LogP contribution is -2.48. The average molecular weight is 580 g/mol. The maximum absolute atomic E-state index is 14.7. The van der Waals surface area contributed by atoms with Crippen LogP contribution in [0.5, 0.6) is 5.75 Å². The average Bonchev–Trinajstić information content (AvgIpc) is 3.42. The van der Waals surface area contributed by atoms with Crippen molar-refractivity contribution in [3.8, 4) is 5.75 Å². The molecule has 1 saturated heterocycles. The van der Waals surface area contributed by atoms with Gasteiger partial charge < -0.3 is 9.64 Å². The lowest BCUT2D eigenvalue weighted by molar-refractivity contribution is 0.0666. The Kier molecular flexibility index (Phi) is 5.93. The summed E-state index contributed by atoms with van der Waals surface area (Å²) in [4.78, 5) is 46.0. The lowest BCUT2D eigenvalue weighted by Gasteiger charge is -2.37. The monoisotopic (exact) mass is 579 g/mol. The number of anilines is 1. The van der Waals surface area contributed by atoms with Gasteiger partial charge in [-0.1, -0.05) is 83.9 Å². The van der Waals surface area contributed by atoms with E-state index in [0.717, 1.165) is 11.3 Å². The number of carbonyl (C=O) groups is 3. The van der Waals surface area contributed by atoms with Crippen LogP contribution in [0.4, 0.5) is 5.69 Å². The highest BCUT2D eigenvalue weighted by atomic mass is 35.5. The smallest absolute Gasteiger partial charge is 0.186 e. The van der Waals surface area contributed by atoms with E-state index >= 15 is 0 Å². The quantitative estimate of drug-likeness (QED) is 0.187. The first-order valence-electron chi connectivity index (χ1n) is 13.2. The van der Waals surface area contributed by atoms with Crippen LogP contribution in [0, 0.1) is 5.41 Å². The van der Waals surface area contributed by atoms with E-state index in [1.54, 1.807) is 79.9 Å². The molecule has 2 aliphatic heterocycles. The number of ether oxygens (including phenoxy) is 1. The molecule has 1 fully saturated rings. The number of hydrogen-bond donors (Lipinski definition) is 0. The predicted molar refractivity (Wildman–Crippen MR) is 160 cm³/mol. The Balaban J connectivity index is 1.55. The number of ketones is 3. The van der Waals surface area contributed by atoms with Crippen molar-refractivity contribution in [1.82, 2.24) is 0 Å². The molecule has 2 heterocycles. The fourth-order valence-corrected chi connectivity index (χ4v) is 7.35. The summed E-state index contributed by atoms with van der Waals surface area (Å²) in [5.41, 5.74) is 1.73. The van der Waals surface area contributed by atoms with Crippen LogP contribution >= 0.6 is 23.2 Å². The fourth-order valence-electron chi connectivity index (χ4n) is 6.97. The van der Waals surface area contributed by atoms with E-state index in [-0.39, 0.29) is 17.3 Å². The third kappa shape index (κ3) is 3.59. The first-order valence-corrected chi connectivity index (χ1v) is 14.0. The van der Waals surface area contributed by atoms with Crippen LogP contribution in [-0.4, -0.2) is 36.5 Å². The lowest BCUT2D eigenvalue weighted by atomic mass is 9.64. The van der Waals surface area contributed by atoms with Crippen LogP contribution in [0.15, 0.2) is 97.1 Å². The number of fused-ring (bicyclic) bond motifs is 5. The summed E-state index contributed by atoms with van der Waals surface area (Å²) in [6, 6.07) is 24.8. The van der Waals surface area contributed by atoms with Gasteiger partial charge in [-0.15, -0.1) is 0 Å². The molecular formula is C34H23Cl2NO4. The summed E-state index contributed by atoms with van der Waals surface area (Å²) in [6.45, 7) is 0. The minimum Gasteiger partial charge on any atom is -0.497 e. The Hall–Kier alpha value is -4.19. The molecule has 3 atom stereocenters. The molecule has 7 rings (SSSR count). The van der Waals surface area contributed by atoms with Crippen LogP contribution in [-0.2, 0) is 0 Å². The summed E-state index contributed by atoms with van der Waals surface area (Å²) >= 11 is 12.9. The van der Waals surface area contributed by atoms with E-state index in [1.807, 2.05) is 35.3 Å². The Morgan fingerprint density at radius 3 is 2.24 bits per heavy atom. The van der Waals surface area contributed by atoms with Gasteiger partial charge in [0.2, 0.25) is 0 Å². The van der Waals surface area contributed by atoms with E-state index in [9.17, 15) is 14.4 Å². The van der Waals surface area contributed by atoms with Gasteiger partial charge in [-0.3, -0.25) is 14.4 Å². The van der Waals surface area contributed by atoms with Crippen LogP contribution < -0.4 is 9.64 Å². The zero-order valence-corrected chi connectivity index (χ0v) is 23.4. The second-order valence-corrected chi connectivity index (χ2v) is 11.4. The standard InChI is InChI=1S/C34H23Cl2NO4/c1-41-24-9-5-7-21(18-24)31(38)30-29(20-6-4-8-22(35)17-20)34(32(39)25-10-2-3-11-26(25)33(34)40)28-15-12-19-16-23(36)13-14-27(19)37(28)30/h2-18,28-30H,1H3/t28-,29+,30-/m1/s1. The first-order chi connectivity index (χ1) is 19.9. The Morgan fingerprint density at radius 1 is 0.829 bits per heavy atom. The maximum atomic E-state index is 14.7. The second kappa shape index (κ2) is 9.44. The van der Waals surface area contributed by atoms with Crippen molar-refractivity contribution in [2.24, 2.45) is 5.41 Å².